The van der Waals surface area contributed by atoms with E-state index in [2.05, 4.69) is 0 Å². The summed E-state index contributed by atoms with van der Waals surface area (Å²) in [6.45, 7) is 5.80. The molecule has 2 aromatic rings. The first kappa shape index (κ1) is 16.8. The van der Waals surface area contributed by atoms with Crippen LogP contribution in [-0.2, 0) is 11.4 Å². The van der Waals surface area contributed by atoms with Crippen molar-refractivity contribution in [1.29, 1.82) is 0 Å². The fourth-order valence-corrected chi connectivity index (χ4v) is 2.39. The number of carboxylic acids is 1. The van der Waals surface area contributed by atoms with Crippen molar-refractivity contribution in [3.05, 3.63) is 64.1 Å². The number of benzene rings is 1. The van der Waals surface area contributed by atoms with Crippen LogP contribution in [0.1, 0.15) is 31.0 Å². The highest BCUT2D eigenvalue weighted by atomic mass is 16.5. The van der Waals surface area contributed by atoms with E-state index in [9.17, 15) is 14.7 Å². The quantitative estimate of drug-likeness (QED) is 0.889. The number of hydrogen-bond acceptors (Lipinski definition) is 3. The average molecular weight is 315 g/mol. The van der Waals surface area contributed by atoms with Crippen LogP contribution in [0.5, 0.6) is 5.75 Å². The number of aromatic nitrogens is 1. The van der Waals surface area contributed by atoms with Gasteiger partial charge in [-0.15, -0.1) is 0 Å². The van der Waals surface area contributed by atoms with Gasteiger partial charge in [0.1, 0.15) is 12.6 Å². The van der Waals surface area contributed by atoms with Gasteiger partial charge in [-0.2, -0.15) is 0 Å². The van der Waals surface area contributed by atoms with Gasteiger partial charge in [-0.1, -0.05) is 43.7 Å². The maximum atomic E-state index is 12.5. The fraction of sp³-hybridized carbons (Fsp3) is 0.333. The van der Waals surface area contributed by atoms with Crippen LogP contribution in [0, 0.1) is 12.8 Å². The highest BCUT2D eigenvalue weighted by Gasteiger charge is 2.25. The van der Waals surface area contributed by atoms with E-state index >= 15 is 0 Å². The molecular formula is C18H21NO4. The SMILES string of the molecule is Cc1ccc(COc2cccn(C(C(=O)O)C(C)C)c2=O)cc1. The monoisotopic (exact) mass is 315 g/mol. The number of rotatable bonds is 6. The molecule has 0 aliphatic heterocycles. The Labute approximate surface area is 135 Å². The average Bonchev–Trinajstić information content (AvgIpc) is 2.49. The minimum absolute atomic E-state index is 0.153. The molecule has 0 saturated carbocycles. The molecule has 0 spiro atoms. The zero-order valence-electron chi connectivity index (χ0n) is 13.5. The van der Waals surface area contributed by atoms with Gasteiger partial charge in [0.25, 0.3) is 5.56 Å². The second kappa shape index (κ2) is 7.13. The molecule has 23 heavy (non-hydrogen) atoms. The maximum Gasteiger partial charge on any atom is 0.327 e. The lowest BCUT2D eigenvalue weighted by Gasteiger charge is -2.19. The molecule has 1 aromatic carbocycles. The Morgan fingerprint density at radius 3 is 2.43 bits per heavy atom. The van der Waals surface area contributed by atoms with E-state index in [0.717, 1.165) is 11.1 Å². The third kappa shape index (κ3) is 4.00. The van der Waals surface area contributed by atoms with Crippen molar-refractivity contribution in [3.8, 4) is 5.75 Å². The summed E-state index contributed by atoms with van der Waals surface area (Å²) in [6.07, 6.45) is 1.49. The summed E-state index contributed by atoms with van der Waals surface area (Å²) in [6, 6.07) is 10.1. The Balaban J connectivity index is 2.24. The lowest BCUT2D eigenvalue weighted by atomic mass is 10.0. The number of pyridine rings is 1. The standard InChI is InChI=1S/C18H21NO4/c1-12(2)16(18(21)22)19-10-4-5-15(17(19)20)23-11-14-8-6-13(3)7-9-14/h4-10,12,16H,11H2,1-3H3,(H,21,22). The number of nitrogens with zero attached hydrogens (tertiary/aromatic N) is 1. The molecule has 5 heteroatoms. The molecule has 5 nitrogen and oxygen atoms in total. The molecule has 122 valence electrons. The van der Waals surface area contributed by atoms with Crippen LogP contribution < -0.4 is 10.3 Å². The summed E-state index contributed by atoms with van der Waals surface area (Å²) in [5.74, 6) is -1.09. The number of hydrogen-bond donors (Lipinski definition) is 1. The van der Waals surface area contributed by atoms with Crippen molar-refractivity contribution in [3.63, 3.8) is 0 Å². The third-order valence-electron chi connectivity index (χ3n) is 3.64. The van der Waals surface area contributed by atoms with Gasteiger partial charge in [0, 0.05) is 6.20 Å². The van der Waals surface area contributed by atoms with Gasteiger partial charge in [-0.25, -0.2) is 4.79 Å². The molecule has 0 aliphatic rings. The van der Waals surface area contributed by atoms with Gasteiger partial charge in [-0.05, 0) is 30.5 Å². The van der Waals surface area contributed by atoms with E-state index in [4.69, 9.17) is 4.74 Å². The Kier molecular flexibility index (Phi) is 5.21. The van der Waals surface area contributed by atoms with Crippen LogP contribution in [0.25, 0.3) is 0 Å². The Morgan fingerprint density at radius 1 is 1.22 bits per heavy atom. The predicted octanol–water partition coefficient (Wildman–Crippen LogP) is 3.02. The summed E-state index contributed by atoms with van der Waals surface area (Å²) in [4.78, 5) is 23.9. The first-order valence-electron chi connectivity index (χ1n) is 7.52. The lowest BCUT2D eigenvalue weighted by Crippen LogP contribution is -2.33. The number of aryl methyl sites for hydroxylation is 1. The number of aliphatic carboxylic acids is 1. The zero-order chi connectivity index (χ0) is 17.0. The van der Waals surface area contributed by atoms with Crippen LogP contribution in [0.2, 0.25) is 0 Å². The number of carbonyl (C=O) groups is 1. The van der Waals surface area contributed by atoms with E-state index < -0.39 is 17.6 Å². The van der Waals surface area contributed by atoms with E-state index in [1.807, 2.05) is 31.2 Å². The minimum Gasteiger partial charge on any atom is -0.483 e. The maximum absolute atomic E-state index is 12.5. The first-order chi connectivity index (χ1) is 10.9. The molecule has 2 rings (SSSR count). The van der Waals surface area contributed by atoms with Crippen molar-refractivity contribution in [2.45, 2.75) is 33.4 Å². The Hall–Kier alpha value is -2.56. The topological polar surface area (TPSA) is 68.5 Å². The van der Waals surface area contributed by atoms with Gasteiger partial charge in [0.05, 0.1) is 0 Å². The minimum atomic E-state index is -1.03. The molecule has 0 saturated heterocycles. The molecule has 0 fully saturated rings. The fourth-order valence-electron chi connectivity index (χ4n) is 2.39. The summed E-state index contributed by atoms with van der Waals surface area (Å²) in [5, 5.41) is 9.35. The highest BCUT2D eigenvalue weighted by Crippen LogP contribution is 2.17. The van der Waals surface area contributed by atoms with Crippen LogP contribution in [0.4, 0.5) is 0 Å². The predicted molar refractivity (Wildman–Crippen MR) is 87.7 cm³/mol. The Morgan fingerprint density at radius 2 is 1.87 bits per heavy atom. The smallest absolute Gasteiger partial charge is 0.327 e. The van der Waals surface area contributed by atoms with Gasteiger partial charge >= 0.3 is 5.97 Å². The molecule has 0 amide bonds. The first-order valence-corrected chi connectivity index (χ1v) is 7.52. The van der Waals surface area contributed by atoms with E-state index in [0.29, 0.717) is 0 Å². The zero-order valence-corrected chi connectivity index (χ0v) is 13.5. The number of ether oxygens (including phenoxy) is 1. The van der Waals surface area contributed by atoms with Crippen LogP contribution >= 0.6 is 0 Å². The van der Waals surface area contributed by atoms with Crippen molar-refractivity contribution in [2.75, 3.05) is 0 Å². The normalized spacial score (nSPS) is 12.2. The van der Waals surface area contributed by atoms with Gasteiger partial charge in [-0.3, -0.25) is 9.36 Å². The molecular weight excluding hydrogens is 294 g/mol. The van der Waals surface area contributed by atoms with Gasteiger partial charge in [0.2, 0.25) is 0 Å². The van der Waals surface area contributed by atoms with Crippen molar-refractivity contribution < 1.29 is 14.6 Å². The summed E-state index contributed by atoms with van der Waals surface area (Å²) < 4.78 is 6.81. The van der Waals surface area contributed by atoms with E-state index in [1.165, 1.54) is 10.8 Å². The van der Waals surface area contributed by atoms with Crippen LogP contribution in [0.15, 0.2) is 47.4 Å². The summed E-state index contributed by atoms with van der Waals surface area (Å²) in [7, 11) is 0. The third-order valence-corrected chi connectivity index (χ3v) is 3.64. The molecule has 0 bridgehead atoms. The molecule has 1 N–H and O–H groups in total. The molecule has 1 aromatic heterocycles. The molecule has 1 unspecified atom stereocenters. The van der Waals surface area contributed by atoms with Crippen LogP contribution in [0.3, 0.4) is 0 Å². The van der Waals surface area contributed by atoms with Crippen LogP contribution in [-0.4, -0.2) is 15.6 Å². The van der Waals surface area contributed by atoms with E-state index in [1.54, 1.807) is 26.0 Å². The molecule has 1 atom stereocenters. The largest absolute Gasteiger partial charge is 0.483 e. The molecule has 1 heterocycles. The Bertz CT molecular complexity index is 731. The summed E-state index contributed by atoms with van der Waals surface area (Å²) in [5.41, 5.74) is 1.67. The van der Waals surface area contributed by atoms with Gasteiger partial charge in [0.15, 0.2) is 5.75 Å². The summed E-state index contributed by atoms with van der Waals surface area (Å²) >= 11 is 0. The second-order valence-electron chi connectivity index (χ2n) is 5.89. The van der Waals surface area contributed by atoms with Crippen molar-refractivity contribution >= 4 is 5.97 Å². The van der Waals surface area contributed by atoms with Gasteiger partial charge < -0.3 is 9.84 Å². The highest BCUT2D eigenvalue weighted by molar-refractivity contribution is 5.72. The number of carboxylic acid groups (broad SMARTS) is 1. The van der Waals surface area contributed by atoms with E-state index in [-0.39, 0.29) is 18.3 Å². The lowest BCUT2D eigenvalue weighted by molar-refractivity contribution is -0.142. The molecule has 0 aliphatic carbocycles. The second-order valence-corrected chi connectivity index (χ2v) is 5.89. The van der Waals surface area contributed by atoms with Crippen molar-refractivity contribution in [1.82, 2.24) is 4.57 Å². The van der Waals surface area contributed by atoms with Crippen molar-refractivity contribution in [2.24, 2.45) is 5.92 Å². The molecule has 0 radical (unpaired) electrons.